The molecule has 1 atom stereocenters. The first-order chi connectivity index (χ1) is 7.59. The summed E-state index contributed by atoms with van der Waals surface area (Å²) in [6, 6.07) is 4.01. The highest BCUT2D eigenvalue weighted by Crippen LogP contribution is 2.26. The first-order valence-electron chi connectivity index (χ1n) is 5.45. The lowest BCUT2D eigenvalue weighted by Gasteiger charge is -2.16. The highest BCUT2D eigenvalue weighted by Gasteiger charge is 2.15. The maximum absolute atomic E-state index is 11.0. The van der Waals surface area contributed by atoms with Crippen molar-refractivity contribution in [1.82, 2.24) is 4.90 Å². The Bertz CT molecular complexity index is 309. The van der Waals surface area contributed by atoms with Gasteiger partial charge in [-0.25, -0.2) is 0 Å². The van der Waals surface area contributed by atoms with E-state index < -0.39 is 0 Å². The zero-order chi connectivity index (χ0) is 12.0. The molecule has 0 aliphatic carbocycles. The Morgan fingerprint density at radius 2 is 2.31 bits per heavy atom. The van der Waals surface area contributed by atoms with Gasteiger partial charge in [-0.1, -0.05) is 6.07 Å². The average molecular weight is 241 g/mol. The lowest BCUT2D eigenvalue weighted by molar-refractivity contribution is -0.146. The Balaban J connectivity index is 2.48. The third-order valence-electron chi connectivity index (χ3n) is 2.24. The van der Waals surface area contributed by atoms with Gasteiger partial charge >= 0.3 is 5.97 Å². The van der Waals surface area contributed by atoms with Gasteiger partial charge in [0.1, 0.15) is 6.10 Å². The number of carbonyl (C=O) groups is 1. The second-order valence-corrected chi connectivity index (χ2v) is 5.04. The molecule has 0 unspecified atom stereocenters. The minimum Gasteiger partial charge on any atom is -0.457 e. The lowest BCUT2D eigenvalue weighted by Crippen LogP contribution is -2.15. The van der Waals surface area contributed by atoms with Gasteiger partial charge in [-0.05, 0) is 44.9 Å². The van der Waals surface area contributed by atoms with Crippen molar-refractivity contribution in [1.29, 1.82) is 0 Å². The van der Waals surface area contributed by atoms with Crippen LogP contribution in [0.3, 0.4) is 0 Å². The van der Waals surface area contributed by atoms with E-state index in [0.29, 0.717) is 0 Å². The van der Waals surface area contributed by atoms with Gasteiger partial charge in [0, 0.05) is 11.8 Å². The molecule has 1 heterocycles. The third kappa shape index (κ3) is 4.77. The van der Waals surface area contributed by atoms with Crippen LogP contribution in [0.5, 0.6) is 0 Å². The topological polar surface area (TPSA) is 29.5 Å². The van der Waals surface area contributed by atoms with Crippen molar-refractivity contribution in [2.45, 2.75) is 25.9 Å². The highest BCUT2D eigenvalue weighted by atomic mass is 32.1. The van der Waals surface area contributed by atoms with Crippen LogP contribution in [0.1, 0.15) is 30.7 Å². The minimum atomic E-state index is -0.205. The molecular weight excluding hydrogens is 222 g/mol. The molecule has 3 nitrogen and oxygen atoms in total. The maximum atomic E-state index is 11.0. The molecule has 0 amide bonds. The Hall–Kier alpha value is -0.870. The van der Waals surface area contributed by atoms with E-state index in [2.05, 4.69) is 4.90 Å². The Labute approximate surface area is 101 Å². The molecule has 1 aromatic heterocycles. The summed E-state index contributed by atoms with van der Waals surface area (Å²) in [6.45, 7) is 2.48. The molecule has 16 heavy (non-hydrogen) atoms. The molecule has 0 radical (unpaired) electrons. The van der Waals surface area contributed by atoms with E-state index in [1.54, 1.807) is 11.3 Å². The summed E-state index contributed by atoms with van der Waals surface area (Å²) in [6.07, 6.45) is 1.85. The van der Waals surface area contributed by atoms with Gasteiger partial charge in [0.25, 0.3) is 0 Å². The molecule has 0 spiro atoms. The van der Waals surface area contributed by atoms with Gasteiger partial charge in [0.05, 0.1) is 0 Å². The summed E-state index contributed by atoms with van der Waals surface area (Å²) < 4.78 is 5.33. The van der Waals surface area contributed by atoms with Crippen LogP contribution in [0, 0.1) is 0 Å². The third-order valence-corrected chi connectivity index (χ3v) is 3.20. The van der Waals surface area contributed by atoms with Gasteiger partial charge in [-0.3, -0.25) is 4.79 Å². The predicted octanol–water partition coefficient (Wildman–Crippen LogP) is 2.69. The van der Waals surface area contributed by atoms with Crippen LogP contribution in [-0.4, -0.2) is 31.5 Å². The molecule has 0 aromatic carbocycles. The van der Waals surface area contributed by atoms with Crippen molar-refractivity contribution >= 4 is 17.3 Å². The highest BCUT2D eigenvalue weighted by molar-refractivity contribution is 7.10. The van der Waals surface area contributed by atoms with Crippen LogP contribution in [0.4, 0.5) is 0 Å². The monoisotopic (exact) mass is 241 g/mol. The molecule has 1 aromatic rings. The van der Waals surface area contributed by atoms with E-state index in [0.717, 1.165) is 24.3 Å². The first-order valence-corrected chi connectivity index (χ1v) is 6.33. The van der Waals surface area contributed by atoms with Gasteiger partial charge < -0.3 is 9.64 Å². The largest absolute Gasteiger partial charge is 0.457 e. The minimum absolute atomic E-state index is 0.0718. The molecule has 0 saturated heterocycles. The van der Waals surface area contributed by atoms with Crippen molar-refractivity contribution in [2.75, 3.05) is 20.6 Å². The molecule has 0 aliphatic rings. The maximum Gasteiger partial charge on any atom is 0.303 e. The van der Waals surface area contributed by atoms with Crippen molar-refractivity contribution in [3.05, 3.63) is 22.4 Å². The number of ether oxygens (including phenoxy) is 1. The first kappa shape index (κ1) is 13.2. The molecule has 0 N–H and O–H groups in total. The summed E-state index contributed by atoms with van der Waals surface area (Å²) in [5.41, 5.74) is 0. The number of thiophene rings is 1. The summed E-state index contributed by atoms with van der Waals surface area (Å²) in [5, 5.41) is 2.01. The fourth-order valence-corrected chi connectivity index (χ4v) is 2.32. The number of rotatable bonds is 6. The Morgan fingerprint density at radius 1 is 1.56 bits per heavy atom. The van der Waals surface area contributed by atoms with Crippen molar-refractivity contribution < 1.29 is 9.53 Å². The second kappa shape index (κ2) is 6.66. The average Bonchev–Trinajstić information content (AvgIpc) is 2.67. The molecular formula is C12H19NO2S. The van der Waals surface area contributed by atoms with Crippen LogP contribution < -0.4 is 0 Å². The van der Waals surface area contributed by atoms with Crippen molar-refractivity contribution in [3.63, 3.8) is 0 Å². The van der Waals surface area contributed by atoms with Gasteiger partial charge in [-0.15, -0.1) is 11.3 Å². The number of carbonyl (C=O) groups excluding carboxylic acids is 1. The summed E-state index contributed by atoms with van der Waals surface area (Å²) in [5.74, 6) is -0.205. The van der Waals surface area contributed by atoms with Crippen LogP contribution >= 0.6 is 11.3 Å². The van der Waals surface area contributed by atoms with Gasteiger partial charge in [-0.2, -0.15) is 0 Å². The zero-order valence-electron chi connectivity index (χ0n) is 10.1. The smallest absolute Gasteiger partial charge is 0.303 e. The van der Waals surface area contributed by atoms with Crippen LogP contribution in [0.15, 0.2) is 17.5 Å². The molecule has 0 bridgehead atoms. The van der Waals surface area contributed by atoms with E-state index in [1.165, 1.54) is 6.92 Å². The normalized spacial score (nSPS) is 12.8. The summed E-state index contributed by atoms with van der Waals surface area (Å²) in [7, 11) is 4.10. The van der Waals surface area contributed by atoms with E-state index in [-0.39, 0.29) is 12.1 Å². The summed E-state index contributed by atoms with van der Waals surface area (Å²) in [4.78, 5) is 14.3. The number of hydrogen-bond acceptors (Lipinski definition) is 4. The Kier molecular flexibility index (Phi) is 5.49. The van der Waals surface area contributed by atoms with E-state index in [9.17, 15) is 4.79 Å². The molecule has 0 aliphatic heterocycles. The SMILES string of the molecule is CC(=O)O[C@@H](CCCN(C)C)c1cccs1. The Morgan fingerprint density at radius 3 is 2.81 bits per heavy atom. The summed E-state index contributed by atoms with van der Waals surface area (Å²) >= 11 is 1.64. The molecule has 0 fully saturated rings. The van der Waals surface area contributed by atoms with E-state index in [1.807, 2.05) is 31.6 Å². The number of hydrogen-bond donors (Lipinski definition) is 0. The predicted molar refractivity (Wildman–Crippen MR) is 66.6 cm³/mol. The second-order valence-electron chi connectivity index (χ2n) is 4.06. The van der Waals surface area contributed by atoms with Crippen LogP contribution in [-0.2, 0) is 9.53 Å². The molecule has 90 valence electrons. The zero-order valence-corrected chi connectivity index (χ0v) is 10.9. The lowest BCUT2D eigenvalue weighted by atomic mass is 10.1. The van der Waals surface area contributed by atoms with Gasteiger partial charge in [0.15, 0.2) is 0 Å². The fourth-order valence-electron chi connectivity index (χ4n) is 1.53. The number of nitrogens with zero attached hydrogens (tertiary/aromatic N) is 1. The molecule has 1 rings (SSSR count). The molecule has 4 heteroatoms. The quantitative estimate of drug-likeness (QED) is 0.717. The van der Waals surface area contributed by atoms with Crippen LogP contribution in [0.25, 0.3) is 0 Å². The van der Waals surface area contributed by atoms with E-state index in [4.69, 9.17) is 4.74 Å². The van der Waals surface area contributed by atoms with Crippen molar-refractivity contribution in [2.24, 2.45) is 0 Å². The van der Waals surface area contributed by atoms with Gasteiger partial charge in [0.2, 0.25) is 0 Å². The number of esters is 1. The van der Waals surface area contributed by atoms with Crippen molar-refractivity contribution in [3.8, 4) is 0 Å². The van der Waals surface area contributed by atoms with E-state index >= 15 is 0 Å². The standard InChI is InChI=1S/C12H19NO2S/c1-10(14)15-11(6-4-8-13(2)3)12-7-5-9-16-12/h5,7,9,11H,4,6,8H2,1-3H3/t11-/m0/s1. The van der Waals surface area contributed by atoms with Crippen LogP contribution in [0.2, 0.25) is 0 Å². The fraction of sp³-hybridized carbons (Fsp3) is 0.583. The molecule has 0 saturated carbocycles.